The predicted molar refractivity (Wildman–Crippen MR) is 79.7 cm³/mol. The van der Waals surface area contributed by atoms with Gasteiger partial charge in [-0.25, -0.2) is 8.42 Å². The molecule has 1 heterocycles. The standard InChI is InChI=1S/C16H21NO2S/c1-12-5-7-15(8-6-12)20(18,19)17-9-3-4-14-10-13(2)11-16(14)17/h5-8,11,13-14H,3-4,9-10H2,1-2H3. The number of benzene rings is 1. The molecule has 0 amide bonds. The van der Waals surface area contributed by atoms with Gasteiger partial charge in [-0.2, -0.15) is 0 Å². The van der Waals surface area contributed by atoms with Gasteiger partial charge in [0.1, 0.15) is 0 Å². The highest BCUT2D eigenvalue weighted by molar-refractivity contribution is 7.89. The number of piperidine rings is 1. The largest absolute Gasteiger partial charge is 0.270 e. The van der Waals surface area contributed by atoms with Crippen LogP contribution in [0.15, 0.2) is 40.9 Å². The molecule has 1 aliphatic heterocycles. The molecule has 0 spiro atoms. The Bertz CT molecular complexity index is 631. The molecule has 0 saturated carbocycles. The van der Waals surface area contributed by atoms with Crippen LogP contribution in [0, 0.1) is 18.8 Å². The Morgan fingerprint density at radius 3 is 2.60 bits per heavy atom. The minimum Gasteiger partial charge on any atom is -0.270 e. The Balaban J connectivity index is 1.98. The number of hydrogen-bond acceptors (Lipinski definition) is 2. The Morgan fingerprint density at radius 2 is 1.90 bits per heavy atom. The summed E-state index contributed by atoms with van der Waals surface area (Å²) in [5, 5.41) is 0. The molecule has 20 heavy (non-hydrogen) atoms. The second-order valence-corrected chi connectivity index (χ2v) is 7.90. The molecule has 3 nitrogen and oxygen atoms in total. The van der Waals surface area contributed by atoms with Gasteiger partial charge in [0, 0.05) is 18.2 Å². The molecule has 0 radical (unpaired) electrons. The Hall–Kier alpha value is -1.29. The highest BCUT2D eigenvalue weighted by Gasteiger charge is 2.37. The summed E-state index contributed by atoms with van der Waals surface area (Å²) < 4.78 is 27.3. The van der Waals surface area contributed by atoms with Gasteiger partial charge < -0.3 is 0 Å². The Morgan fingerprint density at radius 1 is 1.20 bits per heavy atom. The monoisotopic (exact) mass is 291 g/mol. The molecular weight excluding hydrogens is 270 g/mol. The van der Waals surface area contributed by atoms with Crippen molar-refractivity contribution in [2.75, 3.05) is 6.54 Å². The van der Waals surface area contributed by atoms with Gasteiger partial charge in [0.25, 0.3) is 10.0 Å². The van der Waals surface area contributed by atoms with Crippen molar-refractivity contribution in [2.24, 2.45) is 11.8 Å². The number of nitrogens with zero attached hydrogens (tertiary/aromatic N) is 1. The Kier molecular flexibility index (Phi) is 3.36. The van der Waals surface area contributed by atoms with E-state index in [1.165, 1.54) is 0 Å². The van der Waals surface area contributed by atoms with Crippen molar-refractivity contribution in [1.29, 1.82) is 0 Å². The van der Waals surface area contributed by atoms with Crippen molar-refractivity contribution >= 4 is 10.0 Å². The van der Waals surface area contributed by atoms with E-state index in [1.54, 1.807) is 16.4 Å². The van der Waals surface area contributed by atoms with Crippen LogP contribution >= 0.6 is 0 Å². The van der Waals surface area contributed by atoms with Crippen LogP contribution in [0.5, 0.6) is 0 Å². The molecule has 2 atom stereocenters. The van der Waals surface area contributed by atoms with Crippen LogP contribution in [0.4, 0.5) is 0 Å². The van der Waals surface area contributed by atoms with E-state index in [1.807, 2.05) is 19.1 Å². The molecule has 4 heteroatoms. The average Bonchev–Trinajstić information content (AvgIpc) is 2.78. The van der Waals surface area contributed by atoms with Gasteiger partial charge in [-0.3, -0.25) is 4.31 Å². The third-order valence-electron chi connectivity index (χ3n) is 4.34. The van der Waals surface area contributed by atoms with Crippen molar-refractivity contribution < 1.29 is 8.42 Å². The van der Waals surface area contributed by atoms with E-state index in [0.29, 0.717) is 23.3 Å². The zero-order valence-corrected chi connectivity index (χ0v) is 12.9. The summed E-state index contributed by atoms with van der Waals surface area (Å²) in [6.45, 7) is 4.75. The number of rotatable bonds is 2. The van der Waals surface area contributed by atoms with Crippen LogP contribution in [0.1, 0.15) is 31.7 Å². The molecule has 108 valence electrons. The normalized spacial score (nSPS) is 26.3. The maximum atomic E-state index is 12.8. The molecule has 1 fully saturated rings. The smallest absolute Gasteiger partial charge is 0.264 e. The van der Waals surface area contributed by atoms with Crippen LogP contribution in [0.3, 0.4) is 0 Å². The molecule has 2 aliphatic rings. The molecule has 1 aromatic carbocycles. The van der Waals surface area contributed by atoms with Gasteiger partial charge in [-0.05, 0) is 44.2 Å². The van der Waals surface area contributed by atoms with E-state index in [0.717, 1.165) is 30.5 Å². The maximum absolute atomic E-state index is 12.8. The molecule has 0 bridgehead atoms. The van der Waals surface area contributed by atoms with Gasteiger partial charge in [0.15, 0.2) is 0 Å². The molecule has 1 saturated heterocycles. The fourth-order valence-electron chi connectivity index (χ4n) is 3.32. The number of hydrogen-bond donors (Lipinski definition) is 0. The third kappa shape index (κ3) is 2.26. The molecule has 2 unspecified atom stereocenters. The average molecular weight is 291 g/mol. The minimum atomic E-state index is -3.39. The number of allylic oxidation sites excluding steroid dienone is 2. The van der Waals surface area contributed by atoms with E-state index in [-0.39, 0.29) is 0 Å². The molecule has 0 N–H and O–H groups in total. The lowest BCUT2D eigenvalue weighted by atomic mass is 9.95. The first kappa shape index (κ1) is 13.7. The summed E-state index contributed by atoms with van der Waals surface area (Å²) in [5.74, 6) is 0.919. The lowest BCUT2D eigenvalue weighted by Gasteiger charge is -2.34. The lowest BCUT2D eigenvalue weighted by Crippen LogP contribution is -2.36. The van der Waals surface area contributed by atoms with Gasteiger partial charge in [-0.15, -0.1) is 0 Å². The highest BCUT2D eigenvalue weighted by atomic mass is 32.2. The summed E-state index contributed by atoms with van der Waals surface area (Å²) >= 11 is 0. The Labute approximate surface area is 121 Å². The van der Waals surface area contributed by atoms with E-state index in [9.17, 15) is 8.42 Å². The summed E-state index contributed by atoms with van der Waals surface area (Å²) in [7, 11) is -3.39. The molecule has 3 rings (SSSR count). The zero-order valence-electron chi connectivity index (χ0n) is 12.0. The predicted octanol–water partition coefficient (Wildman–Crippen LogP) is 3.32. The first-order valence-electron chi connectivity index (χ1n) is 7.29. The topological polar surface area (TPSA) is 37.4 Å². The van der Waals surface area contributed by atoms with E-state index in [4.69, 9.17) is 0 Å². The van der Waals surface area contributed by atoms with Crippen LogP contribution in [0.25, 0.3) is 0 Å². The second-order valence-electron chi connectivity index (χ2n) is 6.03. The van der Waals surface area contributed by atoms with Gasteiger partial charge >= 0.3 is 0 Å². The second kappa shape index (κ2) is 4.92. The first-order valence-corrected chi connectivity index (χ1v) is 8.73. The summed E-state index contributed by atoms with van der Waals surface area (Å²) in [6.07, 6.45) is 5.32. The van der Waals surface area contributed by atoms with Crippen LogP contribution in [0.2, 0.25) is 0 Å². The summed E-state index contributed by atoms with van der Waals surface area (Å²) in [5.41, 5.74) is 2.11. The van der Waals surface area contributed by atoms with E-state index < -0.39 is 10.0 Å². The first-order chi connectivity index (χ1) is 9.48. The number of sulfonamides is 1. The van der Waals surface area contributed by atoms with Crippen molar-refractivity contribution in [1.82, 2.24) is 4.31 Å². The number of aryl methyl sites for hydroxylation is 1. The summed E-state index contributed by atoms with van der Waals surface area (Å²) in [6, 6.07) is 7.15. The summed E-state index contributed by atoms with van der Waals surface area (Å²) in [4.78, 5) is 0.407. The van der Waals surface area contributed by atoms with Crippen LogP contribution < -0.4 is 0 Å². The minimum absolute atomic E-state index is 0.407. The lowest BCUT2D eigenvalue weighted by molar-refractivity contribution is 0.334. The van der Waals surface area contributed by atoms with Gasteiger partial charge in [0.05, 0.1) is 4.90 Å². The van der Waals surface area contributed by atoms with E-state index in [2.05, 4.69) is 13.0 Å². The van der Waals surface area contributed by atoms with Gasteiger partial charge in [0.2, 0.25) is 0 Å². The fourth-order valence-corrected chi connectivity index (χ4v) is 4.92. The van der Waals surface area contributed by atoms with Crippen LogP contribution in [-0.2, 0) is 10.0 Å². The molecular formula is C16H21NO2S. The van der Waals surface area contributed by atoms with Crippen molar-refractivity contribution in [2.45, 2.75) is 38.0 Å². The van der Waals surface area contributed by atoms with E-state index >= 15 is 0 Å². The van der Waals surface area contributed by atoms with Crippen molar-refractivity contribution in [3.63, 3.8) is 0 Å². The van der Waals surface area contributed by atoms with Crippen molar-refractivity contribution in [3.8, 4) is 0 Å². The zero-order chi connectivity index (χ0) is 14.3. The molecule has 1 aliphatic carbocycles. The molecule has 0 aromatic heterocycles. The highest BCUT2D eigenvalue weighted by Crippen LogP contribution is 2.41. The SMILES string of the molecule is Cc1ccc(S(=O)(=O)N2CCCC3CC(C)C=C32)cc1. The van der Waals surface area contributed by atoms with Gasteiger partial charge in [-0.1, -0.05) is 30.7 Å². The molecule has 1 aromatic rings. The van der Waals surface area contributed by atoms with Crippen molar-refractivity contribution in [3.05, 3.63) is 41.6 Å². The quantitative estimate of drug-likeness (QED) is 0.838. The fraction of sp³-hybridized carbons (Fsp3) is 0.500. The number of fused-ring (bicyclic) bond motifs is 1. The third-order valence-corrected chi connectivity index (χ3v) is 6.18. The van der Waals surface area contributed by atoms with Crippen LogP contribution in [-0.4, -0.2) is 19.3 Å². The maximum Gasteiger partial charge on any atom is 0.264 e.